The summed E-state index contributed by atoms with van der Waals surface area (Å²) in [4.78, 5) is 2.55. The SMILES string of the molecule is CCC(CC)CN1CCOC(CBr)C1. The number of rotatable bonds is 5. The summed E-state index contributed by atoms with van der Waals surface area (Å²) in [5.74, 6) is 0.865. The molecule has 0 aromatic carbocycles. The summed E-state index contributed by atoms with van der Waals surface area (Å²) in [6, 6.07) is 0. The second-order valence-electron chi connectivity index (χ2n) is 4.09. The Bertz CT molecular complexity index is 150. The van der Waals surface area contributed by atoms with Crippen molar-refractivity contribution in [1.82, 2.24) is 4.90 Å². The first-order valence-electron chi connectivity index (χ1n) is 5.70. The van der Waals surface area contributed by atoms with Crippen LogP contribution in [0.5, 0.6) is 0 Å². The van der Waals surface area contributed by atoms with Gasteiger partial charge in [0.05, 0.1) is 12.7 Å². The van der Waals surface area contributed by atoms with Gasteiger partial charge < -0.3 is 4.74 Å². The number of nitrogens with zero attached hydrogens (tertiary/aromatic N) is 1. The van der Waals surface area contributed by atoms with Crippen LogP contribution in [0.15, 0.2) is 0 Å². The average molecular weight is 264 g/mol. The first kappa shape index (κ1) is 12.5. The zero-order valence-corrected chi connectivity index (χ0v) is 10.9. The molecule has 1 unspecified atom stereocenters. The predicted molar refractivity (Wildman–Crippen MR) is 64.0 cm³/mol. The molecule has 0 radical (unpaired) electrons. The third-order valence-corrected chi connectivity index (χ3v) is 3.79. The quantitative estimate of drug-likeness (QED) is 0.707. The molecule has 0 saturated carbocycles. The fourth-order valence-electron chi connectivity index (χ4n) is 1.95. The highest BCUT2D eigenvalue weighted by Crippen LogP contribution is 2.13. The molecular weight excluding hydrogens is 242 g/mol. The van der Waals surface area contributed by atoms with E-state index >= 15 is 0 Å². The molecule has 1 aliphatic rings. The lowest BCUT2D eigenvalue weighted by Crippen LogP contribution is -2.45. The number of ether oxygens (including phenoxy) is 1. The zero-order chi connectivity index (χ0) is 10.4. The van der Waals surface area contributed by atoms with Crippen LogP contribution in [0.4, 0.5) is 0 Å². The fourth-order valence-corrected chi connectivity index (χ4v) is 2.34. The molecule has 3 heteroatoms. The molecule has 84 valence electrons. The molecule has 2 nitrogen and oxygen atoms in total. The minimum atomic E-state index is 0.401. The van der Waals surface area contributed by atoms with E-state index in [4.69, 9.17) is 4.74 Å². The number of hydrogen-bond donors (Lipinski definition) is 0. The molecule has 1 fully saturated rings. The molecular formula is C11H22BrNO. The van der Waals surface area contributed by atoms with Crippen LogP contribution in [0.1, 0.15) is 26.7 Å². The van der Waals surface area contributed by atoms with Crippen LogP contribution in [0.25, 0.3) is 0 Å². The van der Waals surface area contributed by atoms with Crippen molar-refractivity contribution in [3.63, 3.8) is 0 Å². The van der Waals surface area contributed by atoms with Gasteiger partial charge in [0.1, 0.15) is 0 Å². The maximum absolute atomic E-state index is 5.62. The molecule has 0 amide bonds. The highest BCUT2D eigenvalue weighted by Gasteiger charge is 2.20. The third-order valence-electron chi connectivity index (χ3n) is 3.07. The standard InChI is InChI=1S/C11H22BrNO/c1-3-10(4-2)8-13-5-6-14-11(7-12)9-13/h10-11H,3-9H2,1-2H3. The molecule has 1 saturated heterocycles. The maximum Gasteiger partial charge on any atom is 0.0799 e. The summed E-state index contributed by atoms with van der Waals surface area (Å²) in [5.41, 5.74) is 0. The molecule has 0 aromatic rings. The van der Waals surface area contributed by atoms with E-state index < -0.39 is 0 Å². The first-order valence-corrected chi connectivity index (χ1v) is 6.82. The molecule has 1 heterocycles. The van der Waals surface area contributed by atoms with Crippen molar-refractivity contribution in [2.24, 2.45) is 5.92 Å². The van der Waals surface area contributed by atoms with Crippen molar-refractivity contribution >= 4 is 15.9 Å². The van der Waals surface area contributed by atoms with Crippen molar-refractivity contribution in [3.05, 3.63) is 0 Å². The van der Waals surface area contributed by atoms with Gasteiger partial charge in [0.25, 0.3) is 0 Å². The second-order valence-corrected chi connectivity index (χ2v) is 4.74. The van der Waals surface area contributed by atoms with Crippen molar-refractivity contribution in [2.45, 2.75) is 32.8 Å². The Balaban J connectivity index is 2.29. The van der Waals surface area contributed by atoms with Crippen LogP contribution in [0.2, 0.25) is 0 Å². The summed E-state index contributed by atoms with van der Waals surface area (Å²) in [6.07, 6.45) is 3.00. The summed E-state index contributed by atoms with van der Waals surface area (Å²) >= 11 is 3.49. The Labute approximate surface area is 96.1 Å². The molecule has 14 heavy (non-hydrogen) atoms. The number of halogens is 1. The van der Waals surface area contributed by atoms with E-state index in [2.05, 4.69) is 34.7 Å². The van der Waals surface area contributed by atoms with E-state index in [0.29, 0.717) is 6.10 Å². The molecule has 0 N–H and O–H groups in total. The molecule has 1 aliphatic heterocycles. The number of morpholine rings is 1. The van der Waals surface area contributed by atoms with Gasteiger partial charge in [-0.25, -0.2) is 0 Å². The highest BCUT2D eigenvalue weighted by molar-refractivity contribution is 9.09. The topological polar surface area (TPSA) is 12.5 Å². The maximum atomic E-state index is 5.62. The predicted octanol–water partition coefficient (Wildman–Crippen LogP) is 2.52. The smallest absolute Gasteiger partial charge is 0.0799 e. The van der Waals surface area contributed by atoms with Crippen molar-refractivity contribution in [1.29, 1.82) is 0 Å². The van der Waals surface area contributed by atoms with E-state index in [9.17, 15) is 0 Å². The van der Waals surface area contributed by atoms with E-state index in [0.717, 1.165) is 30.9 Å². The summed E-state index contributed by atoms with van der Waals surface area (Å²) < 4.78 is 5.62. The van der Waals surface area contributed by atoms with Crippen LogP contribution in [0.3, 0.4) is 0 Å². The number of hydrogen-bond acceptors (Lipinski definition) is 2. The molecule has 0 spiro atoms. The largest absolute Gasteiger partial charge is 0.375 e. The third kappa shape index (κ3) is 3.87. The van der Waals surface area contributed by atoms with E-state index in [-0.39, 0.29) is 0 Å². The summed E-state index contributed by atoms with van der Waals surface area (Å²) in [5, 5.41) is 0.965. The van der Waals surface area contributed by atoms with E-state index in [1.807, 2.05) is 0 Å². The van der Waals surface area contributed by atoms with E-state index in [1.54, 1.807) is 0 Å². The van der Waals surface area contributed by atoms with Gasteiger partial charge in [-0.2, -0.15) is 0 Å². The second kappa shape index (κ2) is 6.81. The van der Waals surface area contributed by atoms with Gasteiger partial charge in [-0.1, -0.05) is 42.6 Å². The lowest BCUT2D eigenvalue weighted by Gasteiger charge is -2.34. The Morgan fingerprint density at radius 3 is 2.71 bits per heavy atom. The first-order chi connectivity index (χ1) is 6.80. The van der Waals surface area contributed by atoms with Gasteiger partial charge >= 0.3 is 0 Å². The summed E-state index contributed by atoms with van der Waals surface area (Å²) in [6.45, 7) is 8.94. The minimum absolute atomic E-state index is 0.401. The fraction of sp³-hybridized carbons (Fsp3) is 1.00. The van der Waals surface area contributed by atoms with Crippen molar-refractivity contribution in [3.8, 4) is 0 Å². The van der Waals surface area contributed by atoms with Gasteiger partial charge in [-0.05, 0) is 5.92 Å². The molecule has 1 rings (SSSR count). The average Bonchev–Trinajstić information content (AvgIpc) is 2.26. The Hall–Kier alpha value is 0.400. The normalized spacial score (nSPS) is 24.4. The van der Waals surface area contributed by atoms with Crippen molar-refractivity contribution < 1.29 is 4.74 Å². The minimum Gasteiger partial charge on any atom is -0.375 e. The van der Waals surface area contributed by atoms with Crippen LogP contribution < -0.4 is 0 Å². The zero-order valence-electron chi connectivity index (χ0n) is 9.34. The van der Waals surface area contributed by atoms with E-state index in [1.165, 1.54) is 19.4 Å². The van der Waals surface area contributed by atoms with Gasteiger partial charge in [0, 0.05) is 25.0 Å². The molecule has 0 bridgehead atoms. The Morgan fingerprint density at radius 1 is 1.43 bits per heavy atom. The number of alkyl halides is 1. The van der Waals surface area contributed by atoms with Gasteiger partial charge in [-0.3, -0.25) is 4.90 Å². The lowest BCUT2D eigenvalue weighted by molar-refractivity contribution is -0.0204. The monoisotopic (exact) mass is 263 g/mol. The molecule has 1 atom stereocenters. The highest BCUT2D eigenvalue weighted by atomic mass is 79.9. The van der Waals surface area contributed by atoms with Crippen LogP contribution in [-0.4, -0.2) is 42.6 Å². The van der Waals surface area contributed by atoms with Crippen LogP contribution in [0, 0.1) is 5.92 Å². The lowest BCUT2D eigenvalue weighted by atomic mass is 10.0. The molecule has 0 aliphatic carbocycles. The van der Waals surface area contributed by atoms with Gasteiger partial charge in [0.15, 0.2) is 0 Å². The van der Waals surface area contributed by atoms with Crippen LogP contribution in [-0.2, 0) is 4.74 Å². The van der Waals surface area contributed by atoms with Gasteiger partial charge in [0.2, 0.25) is 0 Å². The Morgan fingerprint density at radius 2 is 2.14 bits per heavy atom. The van der Waals surface area contributed by atoms with Crippen molar-refractivity contribution in [2.75, 3.05) is 31.6 Å². The molecule has 0 aromatic heterocycles. The van der Waals surface area contributed by atoms with Crippen LogP contribution >= 0.6 is 15.9 Å². The summed E-state index contributed by atoms with van der Waals surface area (Å²) in [7, 11) is 0. The Kier molecular flexibility index (Phi) is 6.06. The van der Waals surface area contributed by atoms with Gasteiger partial charge in [-0.15, -0.1) is 0 Å².